The number of oxime groups is 1. The molecule has 5 rings (SSSR count). The Hall–Kier alpha value is -4.20. The number of anilines is 3. The van der Waals surface area contributed by atoms with Gasteiger partial charge in [-0.3, -0.25) is 14.8 Å². The first-order chi connectivity index (χ1) is 14.7. The van der Waals surface area contributed by atoms with Crippen molar-refractivity contribution in [2.45, 2.75) is 12.8 Å². The molecule has 1 aromatic carbocycles. The summed E-state index contributed by atoms with van der Waals surface area (Å²) in [4.78, 5) is 21.0. The van der Waals surface area contributed by atoms with E-state index >= 15 is 0 Å². The number of furan rings is 1. The standard InChI is InChI=1S/C22H17N5O3/c28-22(26-15-2-1-8-23-11-15)21-20(17-7-9-24-12-19(17)30-21)25-14-4-5-16-13(10-14)3-6-18(16)27-29/h1-2,4-5,7-12,25,29H,3,6H2,(H,26,28)/b27-18+. The van der Waals surface area contributed by atoms with Crippen LogP contribution in [-0.4, -0.2) is 26.8 Å². The summed E-state index contributed by atoms with van der Waals surface area (Å²) in [7, 11) is 0. The van der Waals surface area contributed by atoms with Crippen molar-refractivity contribution in [2.75, 3.05) is 10.6 Å². The van der Waals surface area contributed by atoms with E-state index in [0.29, 0.717) is 29.1 Å². The second kappa shape index (κ2) is 7.32. The zero-order chi connectivity index (χ0) is 20.5. The van der Waals surface area contributed by atoms with Crippen molar-refractivity contribution >= 4 is 39.7 Å². The summed E-state index contributed by atoms with van der Waals surface area (Å²) in [5.74, 6) is -0.238. The van der Waals surface area contributed by atoms with Gasteiger partial charge in [0.15, 0.2) is 5.58 Å². The molecule has 0 saturated carbocycles. The van der Waals surface area contributed by atoms with Crippen LogP contribution in [0.3, 0.4) is 0 Å². The van der Waals surface area contributed by atoms with E-state index < -0.39 is 5.91 Å². The lowest BCUT2D eigenvalue weighted by Crippen LogP contribution is -2.12. The van der Waals surface area contributed by atoms with Crippen LogP contribution in [0, 0.1) is 0 Å². The number of aryl methyl sites for hydroxylation is 1. The average Bonchev–Trinajstić information content (AvgIpc) is 3.36. The second-order valence-electron chi connectivity index (χ2n) is 6.92. The lowest BCUT2D eigenvalue weighted by molar-refractivity contribution is 0.0999. The Morgan fingerprint density at radius 2 is 1.97 bits per heavy atom. The number of fused-ring (bicyclic) bond motifs is 2. The lowest BCUT2D eigenvalue weighted by atomic mass is 10.1. The maximum atomic E-state index is 12.9. The van der Waals surface area contributed by atoms with E-state index in [0.717, 1.165) is 28.6 Å². The number of hydrogen-bond donors (Lipinski definition) is 3. The topological polar surface area (TPSA) is 113 Å². The van der Waals surface area contributed by atoms with Crippen LogP contribution < -0.4 is 10.6 Å². The maximum absolute atomic E-state index is 12.9. The number of nitrogens with zero attached hydrogens (tertiary/aromatic N) is 3. The van der Waals surface area contributed by atoms with Gasteiger partial charge >= 0.3 is 0 Å². The van der Waals surface area contributed by atoms with Crippen LogP contribution in [0.4, 0.5) is 17.1 Å². The summed E-state index contributed by atoms with van der Waals surface area (Å²) in [5, 5.41) is 19.4. The number of amides is 1. The van der Waals surface area contributed by atoms with Gasteiger partial charge in [-0.2, -0.15) is 0 Å². The number of hydrogen-bond acceptors (Lipinski definition) is 7. The molecule has 0 atom stereocenters. The van der Waals surface area contributed by atoms with Gasteiger partial charge in [-0.25, -0.2) is 0 Å². The molecule has 0 saturated heterocycles. The van der Waals surface area contributed by atoms with Gasteiger partial charge in [0, 0.05) is 29.0 Å². The summed E-state index contributed by atoms with van der Waals surface area (Å²) >= 11 is 0. The fourth-order valence-corrected chi connectivity index (χ4v) is 3.66. The largest absolute Gasteiger partial charge is 0.447 e. The van der Waals surface area contributed by atoms with E-state index in [1.807, 2.05) is 18.2 Å². The first-order valence-electron chi connectivity index (χ1n) is 9.42. The molecule has 0 bridgehead atoms. The smallest absolute Gasteiger partial charge is 0.293 e. The molecule has 148 valence electrons. The predicted octanol–water partition coefficient (Wildman–Crippen LogP) is 4.34. The Labute approximate surface area is 171 Å². The molecule has 4 aromatic rings. The number of aromatic nitrogens is 2. The summed E-state index contributed by atoms with van der Waals surface area (Å²) in [6, 6.07) is 11.1. The van der Waals surface area contributed by atoms with E-state index in [1.54, 1.807) is 43.0 Å². The Balaban J connectivity index is 1.52. The van der Waals surface area contributed by atoms with Crippen molar-refractivity contribution in [3.8, 4) is 0 Å². The van der Waals surface area contributed by atoms with Crippen LogP contribution in [0.25, 0.3) is 11.0 Å². The highest BCUT2D eigenvalue weighted by Crippen LogP contribution is 2.34. The Bertz CT molecular complexity index is 1280. The molecule has 8 nitrogen and oxygen atoms in total. The molecule has 1 aliphatic rings. The molecule has 30 heavy (non-hydrogen) atoms. The first kappa shape index (κ1) is 17.9. The van der Waals surface area contributed by atoms with Crippen molar-refractivity contribution in [2.24, 2.45) is 5.16 Å². The maximum Gasteiger partial charge on any atom is 0.293 e. The SMILES string of the molecule is O=C(Nc1cccnc1)c1oc2cnccc2c1Nc1ccc2c(c1)CC/C2=N\O. The number of carbonyl (C=O) groups excluding carboxylic acids is 1. The number of carbonyl (C=O) groups is 1. The van der Waals surface area contributed by atoms with Crippen molar-refractivity contribution < 1.29 is 14.4 Å². The van der Waals surface area contributed by atoms with Crippen molar-refractivity contribution in [3.63, 3.8) is 0 Å². The van der Waals surface area contributed by atoms with Crippen LogP contribution in [0.1, 0.15) is 28.1 Å². The third-order valence-electron chi connectivity index (χ3n) is 5.06. The number of benzene rings is 1. The molecule has 0 spiro atoms. The summed E-state index contributed by atoms with van der Waals surface area (Å²) < 4.78 is 5.82. The van der Waals surface area contributed by atoms with Crippen LogP contribution in [0.5, 0.6) is 0 Å². The van der Waals surface area contributed by atoms with Crippen molar-refractivity contribution in [1.82, 2.24) is 9.97 Å². The Morgan fingerprint density at radius 3 is 2.80 bits per heavy atom. The van der Waals surface area contributed by atoms with Gasteiger partial charge < -0.3 is 20.3 Å². The molecule has 3 heterocycles. The molecule has 3 N–H and O–H groups in total. The van der Waals surface area contributed by atoms with E-state index in [2.05, 4.69) is 25.8 Å². The quantitative estimate of drug-likeness (QED) is 0.347. The average molecular weight is 399 g/mol. The molecule has 3 aromatic heterocycles. The molecule has 0 unspecified atom stereocenters. The van der Waals surface area contributed by atoms with Gasteiger partial charge in [0.1, 0.15) is 0 Å². The molecule has 0 aliphatic heterocycles. The minimum atomic E-state index is -0.391. The van der Waals surface area contributed by atoms with Gasteiger partial charge in [0.25, 0.3) is 5.91 Å². The zero-order valence-electron chi connectivity index (χ0n) is 15.8. The molecular weight excluding hydrogens is 382 g/mol. The van der Waals surface area contributed by atoms with Crippen LogP contribution in [-0.2, 0) is 6.42 Å². The second-order valence-corrected chi connectivity index (χ2v) is 6.92. The summed E-state index contributed by atoms with van der Waals surface area (Å²) in [6.45, 7) is 0. The third-order valence-corrected chi connectivity index (χ3v) is 5.06. The number of nitrogens with one attached hydrogen (secondary N) is 2. The van der Waals surface area contributed by atoms with Crippen LogP contribution in [0.2, 0.25) is 0 Å². The third kappa shape index (κ3) is 3.14. The highest BCUT2D eigenvalue weighted by atomic mass is 16.4. The molecular formula is C22H17N5O3. The summed E-state index contributed by atoms with van der Waals surface area (Å²) in [6.07, 6.45) is 7.93. The Kier molecular flexibility index (Phi) is 4.36. The van der Waals surface area contributed by atoms with Gasteiger partial charge in [-0.1, -0.05) is 11.2 Å². The van der Waals surface area contributed by atoms with Gasteiger partial charge in [-0.05, 0) is 48.7 Å². The molecule has 1 aliphatic carbocycles. The Morgan fingerprint density at radius 1 is 1.07 bits per heavy atom. The summed E-state index contributed by atoms with van der Waals surface area (Å²) in [5.41, 5.74) is 5.16. The van der Waals surface area contributed by atoms with Crippen LogP contribution >= 0.6 is 0 Å². The van der Waals surface area contributed by atoms with E-state index in [9.17, 15) is 4.79 Å². The van der Waals surface area contributed by atoms with Gasteiger partial charge in [0.05, 0.1) is 29.5 Å². The minimum Gasteiger partial charge on any atom is -0.447 e. The van der Waals surface area contributed by atoms with E-state index in [1.165, 1.54) is 0 Å². The molecule has 8 heteroatoms. The fourth-order valence-electron chi connectivity index (χ4n) is 3.66. The number of rotatable bonds is 4. The van der Waals surface area contributed by atoms with Crippen molar-refractivity contribution in [1.29, 1.82) is 0 Å². The number of pyridine rings is 2. The predicted molar refractivity (Wildman–Crippen MR) is 113 cm³/mol. The first-order valence-corrected chi connectivity index (χ1v) is 9.42. The van der Waals surface area contributed by atoms with Crippen molar-refractivity contribution in [3.05, 3.63) is 78.1 Å². The van der Waals surface area contributed by atoms with Gasteiger partial charge in [0.2, 0.25) is 5.76 Å². The van der Waals surface area contributed by atoms with Crippen LogP contribution in [0.15, 0.2) is 70.8 Å². The van der Waals surface area contributed by atoms with Gasteiger partial charge in [-0.15, -0.1) is 0 Å². The monoisotopic (exact) mass is 399 g/mol. The molecule has 0 radical (unpaired) electrons. The highest BCUT2D eigenvalue weighted by Gasteiger charge is 2.23. The van der Waals surface area contributed by atoms with E-state index in [4.69, 9.17) is 9.62 Å². The zero-order valence-corrected chi connectivity index (χ0v) is 15.8. The molecule has 1 amide bonds. The molecule has 0 fully saturated rings. The minimum absolute atomic E-state index is 0.153. The normalized spacial score (nSPS) is 14.1. The lowest BCUT2D eigenvalue weighted by Gasteiger charge is -2.10. The van der Waals surface area contributed by atoms with E-state index in [-0.39, 0.29) is 5.76 Å². The fraction of sp³-hybridized carbons (Fsp3) is 0.0909. The highest BCUT2D eigenvalue weighted by molar-refractivity contribution is 6.12.